The number of nitriles is 1. The number of quaternary nitrogens is 1. The summed E-state index contributed by atoms with van der Waals surface area (Å²) in [7, 11) is 0. The van der Waals surface area contributed by atoms with Gasteiger partial charge in [0, 0.05) is 24.3 Å². The van der Waals surface area contributed by atoms with Gasteiger partial charge in [0.15, 0.2) is 17.2 Å². The predicted molar refractivity (Wildman–Crippen MR) is 115 cm³/mol. The maximum absolute atomic E-state index is 15.0. The minimum atomic E-state index is -0.496. The minimum absolute atomic E-state index is 0.198. The van der Waals surface area contributed by atoms with Gasteiger partial charge in [0.2, 0.25) is 0 Å². The van der Waals surface area contributed by atoms with Gasteiger partial charge < -0.3 is 0 Å². The van der Waals surface area contributed by atoms with E-state index in [9.17, 15) is 10.1 Å². The lowest BCUT2D eigenvalue weighted by Gasteiger charge is -2.36. The molecule has 0 bridgehead atoms. The number of halogens is 1. The second kappa shape index (κ2) is 7.13. The third kappa shape index (κ3) is 2.70. The van der Waals surface area contributed by atoms with Gasteiger partial charge in [0.05, 0.1) is 23.4 Å². The van der Waals surface area contributed by atoms with Crippen LogP contribution in [0.3, 0.4) is 0 Å². The van der Waals surface area contributed by atoms with Crippen molar-refractivity contribution in [2.45, 2.75) is 0 Å². The molecule has 148 valence electrons. The van der Waals surface area contributed by atoms with Crippen LogP contribution in [0.25, 0.3) is 0 Å². The van der Waals surface area contributed by atoms with Crippen molar-refractivity contribution in [1.29, 1.82) is 5.26 Å². The third-order valence-electron chi connectivity index (χ3n) is 5.33. The number of carbonyl (C=O) groups excluding carboxylic acids is 1. The number of hydrogen-bond donors (Lipinski definition) is 1. The van der Waals surface area contributed by atoms with Gasteiger partial charge >= 0.3 is 5.91 Å². The summed E-state index contributed by atoms with van der Waals surface area (Å²) in [4.78, 5) is 18.8. The minimum Gasteiger partial charge on any atom is -0.260 e. The molecule has 6 nitrogen and oxygen atoms in total. The van der Waals surface area contributed by atoms with Crippen molar-refractivity contribution in [1.82, 2.24) is 14.7 Å². The Morgan fingerprint density at radius 1 is 0.871 bits per heavy atom. The number of nitrogens with zero attached hydrogens (tertiary/aromatic N) is 4. The Kier molecular flexibility index (Phi) is 4.28. The number of carbonyl (C=O) groups is 1. The van der Waals surface area contributed by atoms with Crippen LogP contribution >= 0.6 is 0 Å². The summed E-state index contributed by atoms with van der Waals surface area (Å²) in [5, 5.41) is 16.0. The molecule has 1 aliphatic rings. The summed E-state index contributed by atoms with van der Waals surface area (Å²) in [5.74, 6) is -0.339. The van der Waals surface area contributed by atoms with Gasteiger partial charge in [-0.15, -0.1) is 4.48 Å². The monoisotopic (exact) mass is 408 g/mol. The molecule has 1 aromatic heterocycles. The normalized spacial score (nSPS) is 17.5. The van der Waals surface area contributed by atoms with E-state index in [1.807, 2.05) is 18.2 Å². The van der Waals surface area contributed by atoms with Crippen LogP contribution in [0.15, 0.2) is 90.1 Å². The van der Waals surface area contributed by atoms with E-state index in [0.717, 1.165) is 0 Å². The number of H-pyrrole nitrogens is 1. The number of aromatic nitrogens is 2. The Hall–Kier alpha value is -4.41. The molecule has 7 heteroatoms. The smallest absolute Gasteiger partial charge is 0.260 e. The molecule has 0 spiro atoms. The number of rotatable bonds is 3. The van der Waals surface area contributed by atoms with Gasteiger partial charge in [0.1, 0.15) is 11.4 Å². The number of para-hydroxylation sites is 1. The van der Waals surface area contributed by atoms with Crippen LogP contribution in [-0.4, -0.2) is 21.9 Å². The number of fused-ring (bicyclic) bond motifs is 1. The SMILES string of the molecule is N#Cc1ccc([N+]2(c3ccccc3)C(=O)c3cn[nH]c3N=C2c2ccccc2F)cc1. The predicted octanol–water partition coefficient (Wildman–Crippen LogP) is 4.99. The fourth-order valence-electron chi connectivity index (χ4n) is 3.90. The van der Waals surface area contributed by atoms with Crippen molar-refractivity contribution in [3.8, 4) is 6.07 Å². The molecular weight excluding hydrogens is 393 g/mol. The standard InChI is InChI=1S/C24H14FN5O/c25-21-9-5-4-8-19(21)23-28-22-20(15-27-29-22)24(31)30(23,17-6-2-1-3-7-17)18-12-10-16(14-26)11-13-18/h1-13,15H/p+1. The highest BCUT2D eigenvalue weighted by molar-refractivity contribution is 6.29. The zero-order chi connectivity index (χ0) is 21.4. The molecule has 4 aromatic rings. The Morgan fingerprint density at radius 2 is 1.55 bits per heavy atom. The highest BCUT2D eigenvalue weighted by Crippen LogP contribution is 2.44. The molecule has 31 heavy (non-hydrogen) atoms. The van der Waals surface area contributed by atoms with Crippen molar-refractivity contribution >= 4 is 28.9 Å². The van der Waals surface area contributed by atoms with Gasteiger partial charge in [-0.3, -0.25) is 5.10 Å². The van der Waals surface area contributed by atoms with Gasteiger partial charge in [-0.05, 0) is 24.3 Å². The molecule has 0 saturated heterocycles. The zero-order valence-electron chi connectivity index (χ0n) is 16.2. The number of nitrogens with one attached hydrogen (secondary N) is 1. The molecule has 1 N–H and O–H groups in total. The van der Waals surface area contributed by atoms with Crippen molar-refractivity contribution in [3.05, 3.63) is 108 Å². The lowest BCUT2D eigenvalue weighted by molar-refractivity contribution is 0.0893. The fraction of sp³-hybridized carbons (Fsp3) is 0. The Bertz CT molecular complexity index is 1370. The largest absolute Gasteiger partial charge is 0.367 e. The van der Waals surface area contributed by atoms with Crippen LogP contribution in [0.1, 0.15) is 21.5 Å². The maximum atomic E-state index is 15.0. The van der Waals surface area contributed by atoms with Crippen molar-refractivity contribution in [2.75, 3.05) is 0 Å². The summed E-state index contributed by atoms with van der Waals surface area (Å²) in [6.07, 6.45) is 1.43. The number of amidine groups is 1. The van der Waals surface area contributed by atoms with Gasteiger partial charge in [0.25, 0.3) is 5.84 Å². The number of aliphatic imine (C=N–C) groups is 1. The topological polar surface area (TPSA) is 81.9 Å². The van der Waals surface area contributed by atoms with Crippen molar-refractivity contribution in [3.63, 3.8) is 0 Å². The summed E-state index contributed by atoms with van der Waals surface area (Å²) >= 11 is 0. The van der Waals surface area contributed by atoms with E-state index in [2.05, 4.69) is 21.3 Å². The molecular formula is C24H15FN5O+. The summed E-state index contributed by atoms with van der Waals surface area (Å²) < 4.78 is 14.6. The van der Waals surface area contributed by atoms with Crippen LogP contribution in [0.5, 0.6) is 0 Å². The van der Waals surface area contributed by atoms with Crippen molar-refractivity contribution in [2.24, 2.45) is 4.99 Å². The number of benzene rings is 3. The lowest BCUT2D eigenvalue weighted by atomic mass is 10.0. The second-order valence-corrected chi connectivity index (χ2v) is 7.02. The molecule has 3 aromatic carbocycles. The number of hydrogen-bond acceptors (Lipinski definition) is 4. The van der Waals surface area contributed by atoms with Gasteiger partial charge in [-0.2, -0.15) is 15.4 Å². The van der Waals surface area contributed by atoms with E-state index in [1.54, 1.807) is 54.6 Å². The summed E-state index contributed by atoms with van der Waals surface area (Å²) in [6.45, 7) is 0. The third-order valence-corrected chi connectivity index (χ3v) is 5.33. The van der Waals surface area contributed by atoms with Crippen molar-refractivity contribution < 1.29 is 9.18 Å². The zero-order valence-corrected chi connectivity index (χ0v) is 16.2. The average Bonchev–Trinajstić information content (AvgIpc) is 3.29. The number of amides is 1. The summed E-state index contributed by atoms with van der Waals surface area (Å²) in [5.41, 5.74) is 2.07. The Labute approximate surface area is 177 Å². The van der Waals surface area contributed by atoms with Gasteiger partial charge in [-0.25, -0.2) is 9.18 Å². The van der Waals surface area contributed by atoms with Crippen LogP contribution in [0.2, 0.25) is 0 Å². The second-order valence-electron chi connectivity index (χ2n) is 7.02. The van der Waals surface area contributed by atoms with Crippen LogP contribution in [-0.2, 0) is 0 Å². The first-order valence-electron chi connectivity index (χ1n) is 9.54. The molecule has 0 fully saturated rings. The van der Waals surface area contributed by atoms with Gasteiger partial charge in [-0.1, -0.05) is 30.3 Å². The highest BCUT2D eigenvalue weighted by atomic mass is 19.1. The van der Waals surface area contributed by atoms with Crippen LogP contribution in [0.4, 0.5) is 21.6 Å². The van der Waals surface area contributed by atoms with E-state index in [0.29, 0.717) is 22.5 Å². The quantitative estimate of drug-likeness (QED) is 0.485. The average molecular weight is 408 g/mol. The maximum Gasteiger partial charge on any atom is 0.367 e. The fourth-order valence-corrected chi connectivity index (χ4v) is 3.90. The molecule has 1 amide bonds. The molecule has 0 aliphatic carbocycles. The molecule has 1 atom stereocenters. The molecule has 0 radical (unpaired) electrons. The van der Waals surface area contributed by atoms with E-state index in [1.165, 1.54) is 12.3 Å². The van der Waals surface area contributed by atoms with E-state index >= 15 is 4.39 Å². The first-order chi connectivity index (χ1) is 15.2. The van der Waals surface area contributed by atoms with E-state index in [-0.39, 0.29) is 23.1 Å². The van der Waals surface area contributed by atoms with E-state index in [4.69, 9.17) is 0 Å². The Morgan fingerprint density at radius 3 is 2.26 bits per heavy atom. The molecule has 1 aliphatic heterocycles. The number of aromatic amines is 1. The lowest BCUT2D eigenvalue weighted by Crippen LogP contribution is -2.56. The molecule has 2 heterocycles. The van der Waals surface area contributed by atoms with Crippen LogP contribution in [0, 0.1) is 17.1 Å². The Balaban J connectivity index is 1.92. The molecule has 5 rings (SSSR count). The highest BCUT2D eigenvalue weighted by Gasteiger charge is 2.53. The van der Waals surface area contributed by atoms with E-state index < -0.39 is 10.3 Å². The van der Waals surface area contributed by atoms with Crippen LogP contribution < -0.4 is 4.48 Å². The summed E-state index contributed by atoms with van der Waals surface area (Å²) in [6, 6.07) is 24.1. The molecule has 1 unspecified atom stereocenters. The first-order valence-corrected chi connectivity index (χ1v) is 9.54. The molecule has 0 saturated carbocycles. The first kappa shape index (κ1) is 18.6.